The first-order chi connectivity index (χ1) is 9.57. The highest BCUT2D eigenvalue weighted by molar-refractivity contribution is 7.99. The Hall–Kier alpha value is 0.230. The van der Waals surface area contributed by atoms with E-state index in [0.717, 1.165) is 26.1 Å². The lowest BCUT2D eigenvalue weighted by Crippen LogP contribution is -2.53. The molecule has 4 heteroatoms. The van der Waals surface area contributed by atoms with Gasteiger partial charge in [-0.05, 0) is 63.9 Å². The van der Waals surface area contributed by atoms with Crippen molar-refractivity contribution in [2.75, 3.05) is 24.7 Å². The molecule has 3 rings (SSSR count). The molecule has 3 heterocycles. The molecule has 1 N–H and O–H groups in total. The molecule has 0 radical (unpaired) electrons. The van der Waals surface area contributed by atoms with Crippen molar-refractivity contribution in [3.63, 3.8) is 0 Å². The Kier molecular flexibility index (Phi) is 4.66. The van der Waals surface area contributed by atoms with E-state index < -0.39 is 0 Å². The van der Waals surface area contributed by atoms with Gasteiger partial charge in [-0.15, -0.1) is 0 Å². The van der Waals surface area contributed by atoms with E-state index in [1.165, 1.54) is 37.2 Å². The molecule has 3 fully saturated rings. The zero-order chi connectivity index (χ0) is 14.1. The van der Waals surface area contributed by atoms with Crippen LogP contribution in [-0.4, -0.2) is 48.0 Å². The number of rotatable bonds is 2. The fourth-order valence-corrected chi connectivity index (χ4v) is 5.21. The first-order valence-electron chi connectivity index (χ1n) is 8.19. The Morgan fingerprint density at radius 3 is 2.30 bits per heavy atom. The second kappa shape index (κ2) is 6.15. The van der Waals surface area contributed by atoms with Gasteiger partial charge in [0.15, 0.2) is 0 Å². The maximum Gasteiger partial charge on any atom is 0.0713 e. The van der Waals surface area contributed by atoms with Crippen molar-refractivity contribution in [1.29, 1.82) is 0 Å². The largest absolute Gasteiger partial charge is 0.375 e. The summed E-state index contributed by atoms with van der Waals surface area (Å²) in [7, 11) is 0. The molecule has 0 amide bonds. The molecule has 0 bridgehead atoms. The Bertz CT molecular complexity index is 323. The fourth-order valence-electron chi connectivity index (χ4n) is 3.97. The van der Waals surface area contributed by atoms with E-state index in [0.29, 0.717) is 12.1 Å². The molecule has 3 saturated heterocycles. The molecule has 2 unspecified atom stereocenters. The third kappa shape index (κ3) is 3.70. The van der Waals surface area contributed by atoms with Crippen molar-refractivity contribution >= 4 is 11.8 Å². The highest BCUT2D eigenvalue weighted by Gasteiger charge is 2.40. The van der Waals surface area contributed by atoms with Crippen LogP contribution < -0.4 is 5.32 Å². The summed E-state index contributed by atoms with van der Waals surface area (Å²) in [5, 5.41) is 3.92. The molecule has 0 aromatic carbocycles. The van der Waals surface area contributed by atoms with Gasteiger partial charge < -0.3 is 14.8 Å². The highest BCUT2D eigenvalue weighted by atomic mass is 32.2. The Labute approximate surface area is 127 Å². The van der Waals surface area contributed by atoms with Gasteiger partial charge in [0.2, 0.25) is 0 Å². The molecule has 0 aromatic heterocycles. The van der Waals surface area contributed by atoms with Crippen LogP contribution >= 0.6 is 11.8 Å². The van der Waals surface area contributed by atoms with E-state index in [2.05, 4.69) is 30.9 Å². The van der Waals surface area contributed by atoms with Gasteiger partial charge in [0.1, 0.15) is 0 Å². The first-order valence-corrected chi connectivity index (χ1v) is 9.34. The molecule has 20 heavy (non-hydrogen) atoms. The molecule has 2 atom stereocenters. The quantitative estimate of drug-likeness (QED) is 0.849. The number of hydrogen-bond donors (Lipinski definition) is 1. The summed E-state index contributed by atoms with van der Waals surface area (Å²) in [5.41, 5.74) is 0.238. The molecule has 1 spiro atoms. The van der Waals surface area contributed by atoms with E-state index in [4.69, 9.17) is 9.47 Å². The zero-order valence-corrected chi connectivity index (χ0v) is 13.8. The second-order valence-corrected chi connectivity index (χ2v) is 8.52. The van der Waals surface area contributed by atoms with Gasteiger partial charge in [0.25, 0.3) is 0 Å². The number of ether oxygens (including phenoxy) is 2. The molecule has 3 nitrogen and oxygen atoms in total. The number of hydrogen-bond acceptors (Lipinski definition) is 4. The first kappa shape index (κ1) is 15.1. The predicted octanol–water partition coefficient (Wildman–Crippen LogP) is 2.98. The molecule has 3 aliphatic rings. The SMILES string of the molecule is CC1(C)CC(NC2CCOC3(CCSCC3)C2)CCO1. The van der Waals surface area contributed by atoms with Gasteiger partial charge in [0, 0.05) is 25.3 Å². The van der Waals surface area contributed by atoms with Crippen molar-refractivity contribution in [3.05, 3.63) is 0 Å². The van der Waals surface area contributed by atoms with E-state index in [-0.39, 0.29) is 11.2 Å². The summed E-state index contributed by atoms with van der Waals surface area (Å²) < 4.78 is 12.0. The standard InChI is InChI=1S/C16H29NO2S/c1-15(2)11-13(3-7-18-15)17-14-4-8-19-16(12-14)5-9-20-10-6-16/h13-14,17H,3-12H2,1-2H3. The fraction of sp³-hybridized carbons (Fsp3) is 1.00. The summed E-state index contributed by atoms with van der Waals surface area (Å²) >= 11 is 2.08. The van der Waals surface area contributed by atoms with E-state index >= 15 is 0 Å². The molecule has 116 valence electrons. The van der Waals surface area contributed by atoms with Gasteiger partial charge >= 0.3 is 0 Å². The van der Waals surface area contributed by atoms with Crippen LogP contribution in [0.1, 0.15) is 52.4 Å². The van der Waals surface area contributed by atoms with Crippen molar-refractivity contribution < 1.29 is 9.47 Å². The van der Waals surface area contributed by atoms with Crippen molar-refractivity contribution in [2.24, 2.45) is 0 Å². The lowest BCUT2D eigenvalue weighted by atomic mass is 9.84. The maximum atomic E-state index is 6.19. The van der Waals surface area contributed by atoms with E-state index in [1.807, 2.05) is 0 Å². The lowest BCUT2D eigenvalue weighted by molar-refractivity contribution is -0.100. The van der Waals surface area contributed by atoms with Crippen LogP contribution in [-0.2, 0) is 9.47 Å². The van der Waals surface area contributed by atoms with E-state index in [9.17, 15) is 0 Å². The van der Waals surface area contributed by atoms with Gasteiger partial charge in [-0.1, -0.05) is 0 Å². The molecular formula is C16H29NO2S. The molecule has 0 aromatic rings. The minimum absolute atomic E-state index is 0.0419. The lowest BCUT2D eigenvalue weighted by Gasteiger charge is -2.45. The van der Waals surface area contributed by atoms with Crippen molar-refractivity contribution in [1.82, 2.24) is 5.32 Å². The molecular weight excluding hydrogens is 270 g/mol. The second-order valence-electron chi connectivity index (χ2n) is 7.30. The summed E-state index contributed by atoms with van der Waals surface area (Å²) in [6.45, 7) is 6.26. The average Bonchev–Trinajstić information content (AvgIpc) is 2.38. The van der Waals surface area contributed by atoms with Crippen LogP contribution in [0.5, 0.6) is 0 Å². The van der Waals surface area contributed by atoms with E-state index in [1.54, 1.807) is 0 Å². The maximum absolute atomic E-state index is 6.19. The normalized spacial score (nSPS) is 36.9. The van der Waals surface area contributed by atoms with Crippen LogP contribution in [0.15, 0.2) is 0 Å². The van der Waals surface area contributed by atoms with Crippen molar-refractivity contribution in [2.45, 2.75) is 75.7 Å². The smallest absolute Gasteiger partial charge is 0.0713 e. The molecule has 0 saturated carbocycles. The van der Waals surface area contributed by atoms with Gasteiger partial charge in [0.05, 0.1) is 11.2 Å². The number of thioether (sulfide) groups is 1. The van der Waals surface area contributed by atoms with Crippen LogP contribution in [0.3, 0.4) is 0 Å². The predicted molar refractivity (Wildman–Crippen MR) is 84.5 cm³/mol. The Morgan fingerprint density at radius 1 is 0.950 bits per heavy atom. The van der Waals surface area contributed by atoms with Crippen LogP contribution in [0.2, 0.25) is 0 Å². The minimum atomic E-state index is 0.0419. The third-order valence-electron chi connectivity index (χ3n) is 5.07. The van der Waals surface area contributed by atoms with Crippen LogP contribution in [0.25, 0.3) is 0 Å². The Morgan fingerprint density at radius 2 is 1.60 bits per heavy atom. The summed E-state index contributed by atoms with van der Waals surface area (Å²) in [5.74, 6) is 2.55. The monoisotopic (exact) mass is 299 g/mol. The van der Waals surface area contributed by atoms with Crippen LogP contribution in [0.4, 0.5) is 0 Å². The zero-order valence-electron chi connectivity index (χ0n) is 13.0. The minimum Gasteiger partial charge on any atom is -0.375 e. The molecule has 0 aliphatic carbocycles. The summed E-state index contributed by atoms with van der Waals surface area (Å²) in [4.78, 5) is 0. The third-order valence-corrected chi connectivity index (χ3v) is 6.05. The molecule has 3 aliphatic heterocycles. The van der Waals surface area contributed by atoms with Crippen LogP contribution in [0, 0.1) is 0 Å². The van der Waals surface area contributed by atoms with Gasteiger partial charge in [-0.25, -0.2) is 0 Å². The Balaban J connectivity index is 1.54. The van der Waals surface area contributed by atoms with Gasteiger partial charge in [-0.2, -0.15) is 11.8 Å². The summed E-state index contributed by atoms with van der Waals surface area (Å²) in [6.07, 6.45) is 7.17. The summed E-state index contributed by atoms with van der Waals surface area (Å²) in [6, 6.07) is 1.27. The topological polar surface area (TPSA) is 30.5 Å². The van der Waals surface area contributed by atoms with Gasteiger partial charge in [-0.3, -0.25) is 0 Å². The highest BCUT2D eigenvalue weighted by Crippen LogP contribution is 2.38. The van der Waals surface area contributed by atoms with Crippen molar-refractivity contribution in [3.8, 4) is 0 Å². The average molecular weight is 299 g/mol. The number of nitrogens with one attached hydrogen (secondary N) is 1.